The average molecular weight is 435 g/mol. The molecular weight excluding hydrogens is 408 g/mol. The van der Waals surface area contributed by atoms with Crippen molar-refractivity contribution >= 4 is 34.2 Å². The number of aryl methyl sites for hydroxylation is 1. The van der Waals surface area contributed by atoms with Gasteiger partial charge in [0.2, 0.25) is 5.91 Å². The van der Waals surface area contributed by atoms with Gasteiger partial charge in [-0.05, 0) is 38.5 Å². The second-order valence-corrected chi connectivity index (χ2v) is 8.03. The number of amides is 1. The van der Waals surface area contributed by atoms with E-state index in [1.165, 1.54) is 25.6 Å². The van der Waals surface area contributed by atoms with E-state index in [0.29, 0.717) is 16.3 Å². The highest BCUT2D eigenvalue weighted by molar-refractivity contribution is 7.16. The fraction of sp³-hybridized carbons (Fsp3) is 0.381. The zero-order valence-electron chi connectivity index (χ0n) is 17.7. The molecule has 2 N–H and O–H groups in total. The lowest BCUT2D eigenvalue weighted by atomic mass is 10.0. The monoisotopic (exact) mass is 434 g/mol. The molecule has 0 saturated heterocycles. The third-order valence-corrected chi connectivity index (χ3v) is 5.70. The molecule has 9 heteroatoms. The van der Waals surface area contributed by atoms with Gasteiger partial charge in [-0.1, -0.05) is 18.2 Å². The maximum Gasteiger partial charge on any atom is 0.341 e. The zero-order chi connectivity index (χ0) is 22.3. The average Bonchev–Trinajstić information content (AvgIpc) is 3.03. The number of ether oxygens (including phenoxy) is 3. The number of carbonyl (C=O) groups is 3. The zero-order valence-corrected chi connectivity index (χ0v) is 18.5. The van der Waals surface area contributed by atoms with Gasteiger partial charge in [0.25, 0.3) is 0 Å². The summed E-state index contributed by atoms with van der Waals surface area (Å²) in [5, 5.41) is 6.02. The lowest BCUT2D eigenvalue weighted by molar-refractivity contribution is -0.149. The molecule has 30 heavy (non-hydrogen) atoms. The first-order valence-electron chi connectivity index (χ1n) is 9.21. The number of rotatable bonds is 9. The fourth-order valence-corrected chi connectivity index (χ4v) is 3.73. The Bertz CT molecular complexity index is 912. The molecule has 0 radical (unpaired) electrons. The van der Waals surface area contributed by atoms with Crippen LogP contribution in [0.15, 0.2) is 30.3 Å². The van der Waals surface area contributed by atoms with Crippen LogP contribution in [-0.4, -0.2) is 50.8 Å². The molecule has 1 unspecified atom stereocenters. The van der Waals surface area contributed by atoms with Crippen LogP contribution in [0.5, 0.6) is 5.75 Å². The molecule has 0 aliphatic carbocycles. The number of benzene rings is 1. The molecule has 0 aliphatic heterocycles. The number of hydrogen-bond donors (Lipinski definition) is 2. The highest BCUT2D eigenvalue weighted by Gasteiger charge is 2.36. The van der Waals surface area contributed by atoms with E-state index in [-0.39, 0.29) is 13.2 Å². The van der Waals surface area contributed by atoms with Crippen LogP contribution in [0.25, 0.3) is 0 Å². The second-order valence-electron chi connectivity index (χ2n) is 6.81. The number of methoxy groups -OCH3 is 2. The van der Waals surface area contributed by atoms with E-state index in [4.69, 9.17) is 14.2 Å². The van der Waals surface area contributed by atoms with Crippen molar-refractivity contribution in [2.24, 2.45) is 0 Å². The van der Waals surface area contributed by atoms with Crippen LogP contribution >= 0.6 is 11.3 Å². The van der Waals surface area contributed by atoms with Crippen molar-refractivity contribution in [2.75, 3.05) is 32.7 Å². The molecule has 8 nitrogen and oxygen atoms in total. The van der Waals surface area contributed by atoms with Gasteiger partial charge in [-0.25, -0.2) is 9.59 Å². The standard InChI is InChI=1S/C21H26N2O6S/c1-13-14(2)30-18(17(13)19(25)27-4)23-16(24)11-22-21(3,20(26)28-5)12-29-15-9-7-6-8-10-15/h6-10,22H,11-12H2,1-5H3,(H,23,24). The van der Waals surface area contributed by atoms with Crippen molar-refractivity contribution in [2.45, 2.75) is 26.3 Å². The van der Waals surface area contributed by atoms with Crippen molar-refractivity contribution in [1.82, 2.24) is 5.32 Å². The molecular formula is C21H26N2O6S. The SMILES string of the molecule is COC(=O)c1c(NC(=O)CNC(C)(COc2ccccc2)C(=O)OC)sc(C)c1C. The van der Waals surface area contributed by atoms with Crippen LogP contribution < -0.4 is 15.4 Å². The van der Waals surface area contributed by atoms with Crippen molar-refractivity contribution in [3.05, 3.63) is 46.3 Å². The summed E-state index contributed by atoms with van der Waals surface area (Å²) < 4.78 is 15.4. The van der Waals surface area contributed by atoms with Crippen LogP contribution in [0.4, 0.5) is 5.00 Å². The molecule has 162 valence electrons. The van der Waals surface area contributed by atoms with Crippen LogP contribution in [0.1, 0.15) is 27.7 Å². The van der Waals surface area contributed by atoms with E-state index >= 15 is 0 Å². The summed E-state index contributed by atoms with van der Waals surface area (Å²) in [4.78, 5) is 37.8. The van der Waals surface area contributed by atoms with Crippen molar-refractivity contribution < 1.29 is 28.6 Å². The number of carbonyl (C=O) groups excluding carboxylic acids is 3. The Labute approximate surface area is 179 Å². The third-order valence-electron chi connectivity index (χ3n) is 4.57. The van der Waals surface area contributed by atoms with Crippen molar-refractivity contribution in [3.8, 4) is 5.75 Å². The predicted molar refractivity (Wildman–Crippen MR) is 114 cm³/mol. The molecule has 1 aromatic heterocycles. The summed E-state index contributed by atoms with van der Waals surface area (Å²) in [7, 11) is 2.56. The molecule has 0 bridgehead atoms. The van der Waals surface area contributed by atoms with E-state index in [2.05, 4.69) is 10.6 Å². The summed E-state index contributed by atoms with van der Waals surface area (Å²) in [6.45, 7) is 5.01. The van der Waals surface area contributed by atoms with Gasteiger partial charge in [0, 0.05) is 4.88 Å². The molecule has 1 aromatic carbocycles. The maximum absolute atomic E-state index is 12.5. The van der Waals surface area contributed by atoms with Gasteiger partial charge in [-0.3, -0.25) is 10.1 Å². The minimum atomic E-state index is -1.26. The molecule has 1 amide bonds. The molecule has 0 aliphatic rings. The largest absolute Gasteiger partial charge is 0.491 e. The highest BCUT2D eigenvalue weighted by atomic mass is 32.1. The Kier molecular flexibility index (Phi) is 7.96. The van der Waals surface area contributed by atoms with Gasteiger partial charge in [-0.2, -0.15) is 0 Å². The quantitative estimate of drug-likeness (QED) is 0.585. The van der Waals surface area contributed by atoms with Crippen LogP contribution in [0.3, 0.4) is 0 Å². The molecule has 0 saturated carbocycles. The number of hydrogen-bond acceptors (Lipinski definition) is 8. The summed E-state index contributed by atoms with van der Waals surface area (Å²) in [6.07, 6.45) is 0. The Hall–Kier alpha value is -2.91. The molecule has 0 fully saturated rings. The van der Waals surface area contributed by atoms with E-state index < -0.39 is 23.4 Å². The fourth-order valence-electron chi connectivity index (χ4n) is 2.66. The van der Waals surface area contributed by atoms with Gasteiger partial charge in [0.05, 0.1) is 26.3 Å². The van der Waals surface area contributed by atoms with Crippen molar-refractivity contribution in [1.29, 1.82) is 0 Å². The first kappa shape index (κ1) is 23.4. The third kappa shape index (κ3) is 5.58. The highest BCUT2D eigenvalue weighted by Crippen LogP contribution is 2.32. The normalized spacial score (nSPS) is 12.6. The number of para-hydroxylation sites is 1. The summed E-state index contributed by atoms with van der Waals surface area (Å²) >= 11 is 1.29. The van der Waals surface area contributed by atoms with Gasteiger partial charge in [0.15, 0.2) is 0 Å². The lowest BCUT2D eigenvalue weighted by Crippen LogP contribution is -2.56. The summed E-state index contributed by atoms with van der Waals surface area (Å²) in [5.74, 6) is -0.914. The Morgan fingerprint density at radius 3 is 2.33 bits per heavy atom. The van der Waals surface area contributed by atoms with Crippen molar-refractivity contribution in [3.63, 3.8) is 0 Å². The summed E-state index contributed by atoms with van der Waals surface area (Å²) in [5.41, 5.74) is -0.170. The van der Waals surface area contributed by atoms with E-state index in [1.807, 2.05) is 25.1 Å². The van der Waals surface area contributed by atoms with Gasteiger partial charge in [0.1, 0.15) is 22.9 Å². The number of nitrogens with one attached hydrogen (secondary N) is 2. The predicted octanol–water partition coefficient (Wildman–Crippen LogP) is 2.69. The van der Waals surface area contributed by atoms with E-state index in [9.17, 15) is 14.4 Å². The number of esters is 2. The number of anilines is 1. The van der Waals surface area contributed by atoms with E-state index in [1.54, 1.807) is 26.0 Å². The van der Waals surface area contributed by atoms with E-state index in [0.717, 1.165) is 10.4 Å². The molecule has 0 spiro atoms. The molecule has 1 heterocycles. The lowest BCUT2D eigenvalue weighted by Gasteiger charge is -2.27. The summed E-state index contributed by atoms with van der Waals surface area (Å²) in [6, 6.07) is 9.01. The molecule has 2 rings (SSSR count). The van der Waals surface area contributed by atoms with Gasteiger partial charge >= 0.3 is 11.9 Å². The first-order chi connectivity index (χ1) is 14.2. The van der Waals surface area contributed by atoms with Crippen LogP contribution in [-0.2, 0) is 19.1 Å². The topological polar surface area (TPSA) is 103 Å². The van der Waals surface area contributed by atoms with Gasteiger partial charge < -0.3 is 19.5 Å². The Morgan fingerprint density at radius 1 is 1.07 bits per heavy atom. The smallest absolute Gasteiger partial charge is 0.341 e. The first-order valence-corrected chi connectivity index (χ1v) is 10.0. The Balaban J connectivity index is 2.07. The van der Waals surface area contributed by atoms with Crippen LogP contribution in [0, 0.1) is 13.8 Å². The maximum atomic E-state index is 12.5. The molecule has 2 aromatic rings. The minimum Gasteiger partial charge on any atom is -0.491 e. The van der Waals surface area contributed by atoms with Gasteiger partial charge in [-0.15, -0.1) is 11.3 Å². The molecule has 1 atom stereocenters. The van der Waals surface area contributed by atoms with Crippen LogP contribution in [0.2, 0.25) is 0 Å². The minimum absolute atomic E-state index is 0.0401. The Morgan fingerprint density at radius 2 is 1.73 bits per heavy atom. The number of thiophene rings is 1. The second kappa shape index (κ2) is 10.2.